The number of ether oxygens (including phenoxy) is 1. The van der Waals surface area contributed by atoms with E-state index in [2.05, 4.69) is 10.4 Å². The van der Waals surface area contributed by atoms with Crippen LogP contribution < -0.4 is 10.1 Å². The molecule has 0 fully saturated rings. The minimum atomic E-state index is -4.32. The molecule has 0 unspecified atom stereocenters. The van der Waals surface area contributed by atoms with E-state index in [0.29, 0.717) is 11.3 Å². The monoisotopic (exact) mass is 455 g/mol. The van der Waals surface area contributed by atoms with E-state index in [4.69, 9.17) is 4.74 Å². The molecule has 3 N–H and O–H groups in total. The van der Waals surface area contributed by atoms with Crippen LogP contribution in [0.25, 0.3) is 17.3 Å². The summed E-state index contributed by atoms with van der Waals surface area (Å²) < 4.78 is 18.6. The molecule has 0 aliphatic rings. The third kappa shape index (κ3) is 4.99. The van der Waals surface area contributed by atoms with Gasteiger partial charge in [0.2, 0.25) is 5.91 Å². The largest absolute Gasteiger partial charge is 0.497 e. The SMILES string of the molecule is COc1ccc(-c2c(/C=C/C(=O)Nc3ccc(C(C)(C)P(=O)(O)O)cc3)cnn2C)cc1. The van der Waals surface area contributed by atoms with Crippen molar-refractivity contribution >= 4 is 25.3 Å². The maximum Gasteiger partial charge on any atom is 0.335 e. The molecule has 32 heavy (non-hydrogen) atoms. The third-order valence-corrected chi connectivity index (χ3v) is 7.05. The number of methoxy groups -OCH3 is 1. The number of anilines is 1. The van der Waals surface area contributed by atoms with Crippen molar-refractivity contribution in [3.8, 4) is 17.0 Å². The Kier molecular flexibility index (Phi) is 6.69. The molecule has 3 aromatic rings. The average Bonchev–Trinajstić information content (AvgIpc) is 3.12. The minimum Gasteiger partial charge on any atom is -0.497 e. The molecule has 0 bridgehead atoms. The van der Waals surface area contributed by atoms with E-state index in [0.717, 1.165) is 22.6 Å². The second-order valence-electron chi connectivity index (χ2n) is 7.80. The average molecular weight is 455 g/mol. The van der Waals surface area contributed by atoms with Gasteiger partial charge in [-0.1, -0.05) is 12.1 Å². The predicted molar refractivity (Wildman–Crippen MR) is 124 cm³/mol. The smallest absolute Gasteiger partial charge is 0.335 e. The number of carbonyl (C=O) groups is 1. The van der Waals surface area contributed by atoms with Crippen molar-refractivity contribution in [2.24, 2.45) is 7.05 Å². The Balaban J connectivity index is 1.73. The molecule has 2 aromatic carbocycles. The molecule has 0 spiro atoms. The van der Waals surface area contributed by atoms with Crippen molar-refractivity contribution in [1.82, 2.24) is 9.78 Å². The van der Waals surface area contributed by atoms with Crippen molar-refractivity contribution in [2.75, 3.05) is 12.4 Å². The first-order valence-corrected chi connectivity index (χ1v) is 11.5. The number of aromatic nitrogens is 2. The first-order valence-electron chi connectivity index (χ1n) is 9.84. The van der Waals surface area contributed by atoms with Gasteiger partial charge in [-0.2, -0.15) is 5.10 Å². The lowest BCUT2D eigenvalue weighted by Crippen LogP contribution is -2.17. The summed E-state index contributed by atoms with van der Waals surface area (Å²) in [5.41, 5.74) is 3.59. The zero-order chi connectivity index (χ0) is 23.5. The first kappa shape index (κ1) is 23.5. The van der Waals surface area contributed by atoms with Gasteiger partial charge in [0.1, 0.15) is 5.75 Å². The fraction of sp³-hybridized carbons (Fsp3) is 0.217. The molecule has 8 nitrogen and oxygen atoms in total. The van der Waals surface area contributed by atoms with Crippen molar-refractivity contribution in [2.45, 2.75) is 19.0 Å². The minimum absolute atomic E-state index is 0.337. The van der Waals surface area contributed by atoms with E-state index in [1.165, 1.54) is 19.9 Å². The summed E-state index contributed by atoms with van der Waals surface area (Å²) in [5, 5.41) is 5.72. The third-order valence-electron chi connectivity index (χ3n) is 5.33. The Morgan fingerprint density at radius 1 is 1.12 bits per heavy atom. The molecule has 1 amide bonds. The number of amides is 1. The molecule has 1 heterocycles. The number of carbonyl (C=O) groups excluding carboxylic acids is 1. The van der Waals surface area contributed by atoms with Gasteiger partial charge < -0.3 is 19.8 Å². The van der Waals surface area contributed by atoms with E-state index in [1.807, 2.05) is 31.3 Å². The molecule has 0 radical (unpaired) electrons. The molecule has 0 saturated heterocycles. The summed E-state index contributed by atoms with van der Waals surface area (Å²) in [5.74, 6) is 0.416. The normalized spacial score (nSPS) is 12.2. The number of nitrogens with zero attached hydrogens (tertiary/aromatic N) is 2. The number of hydrogen-bond acceptors (Lipinski definition) is 4. The van der Waals surface area contributed by atoms with Crippen LogP contribution in [0.2, 0.25) is 0 Å². The fourth-order valence-corrected chi connectivity index (χ4v) is 3.64. The lowest BCUT2D eigenvalue weighted by atomic mass is 10.0. The van der Waals surface area contributed by atoms with E-state index in [-0.39, 0.29) is 5.91 Å². The highest BCUT2D eigenvalue weighted by Crippen LogP contribution is 2.56. The molecule has 168 valence electrons. The van der Waals surface area contributed by atoms with Crippen LogP contribution in [0, 0.1) is 0 Å². The van der Waals surface area contributed by atoms with Crippen molar-refractivity contribution in [3.63, 3.8) is 0 Å². The van der Waals surface area contributed by atoms with E-state index in [1.54, 1.807) is 48.3 Å². The second-order valence-corrected chi connectivity index (χ2v) is 10.0. The lowest BCUT2D eigenvalue weighted by molar-refractivity contribution is -0.111. The standard InChI is InChI=1S/C23H26N3O5P/c1-23(2,32(28,29)30)18-8-10-19(11-9-18)25-21(27)14-7-17-15-24-26(3)22(17)16-5-12-20(31-4)13-6-16/h5-15H,1-4H3,(H,25,27)(H2,28,29,30)/b14-7+. The molecule has 0 atom stereocenters. The maximum absolute atomic E-state index is 12.4. The zero-order valence-corrected chi connectivity index (χ0v) is 19.2. The van der Waals surface area contributed by atoms with E-state index in [9.17, 15) is 19.1 Å². The Labute approximate surface area is 186 Å². The van der Waals surface area contributed by atoms with Gasteiger partial charge in [0.05, 0.1) is 24.2 Å². The molecule has 9 heteroatoms. The number of benzene rings is 2. The Hall–Kier alpha value is -3.19. The molecule has 1 aromatic heterocycles. The summed E-state index contributed by atoms with van der Waals surface area (Å²) in [7, 11) is -0.884. The second kappa shape index (κ2) is 9.12. The topological polar surface area (TPSA) is 114 Å². The Bertz CT molecular complexity index is 1180. The fourth-order valence-electron chi connectivity index (χ4n) is 3.16. The number of aryl methyl sites for hydroxylation is 1. The quantitative estimate of drug-likeness (QED) is 0.364. The molecular weight excluding hydrogens is 429 g/mol. The Morgan fingerprint density at radius 2 is 1.75 bits per heavy atom. The molecule has 3 rings (SSSR count). The van der Waals surface area contributed by atoms with E-state index < -0.39 is 12.8 Å². The highest BCUT2D eigenvalue weighted by atomic mass is 31.2. The summed E-state index contributed by atoms with van der Waals surface area (Å²) in [6.45, 7) is 2.97. The summed E-state index contributed by atoms with van der Waals surface area (Å²) in [6, 6.07) is 14.0. The van der Waals surface area contributed by atoms with Crippen LogP contribution in [0.15, 0.2) is 60.8 Å². The Morgan fingerprint density at radius 3 is 2.31 bits per heavy atom. The summed E-state index contributed by atoms with van der Waals surface area (Å²) in [6.07, 6.45) is 4.78. The van der Waals surface area contributed by atoms with Crippen LogP contribution in [-0.4, -0.2) is 32.6 Å². The first-order chi connectivity index (χ1) is 15.0. The highest BCUT2D eigenvalue weighted by molar-refractivity contribution is 7.53. The van der Waals surface area contributed by atoms with Crippen LogP contribution in [-0.2, 0) is 21.6 Å². The predicted octanol–water partition coefficient (Wildman–Crippen LogP) is 4.16. The van der Waals surface area contributed by atoms with Crippen molar-refractivity contribution < 1.29 is 23.9 Å². The van der Waals surface area contributed by atoms with Gasteiger partial charge in [0.15, 0.2) is 0 Å². The summed E-state index contributed by atoms with van der Waals surface area (Å²) in [4.78, 5) is 31.5. The lowest BCUT2D eigenvalue weighted by Gasteiger charge is -2.26. The van der Waals surface area contributed by atoms with Crippen LogP contribution in [0.4, 0.5) is 5.69 Å². The highest BCUT2D eigenvalue weighted by Gasteiger charge is 2.39. The number of rotatable bonds is 7. The summed E-state index contributed by atoms with van der Waals surface area (Å²) >= 11 is 0. The van der Waals surface area contributed by atoms with Gasteiger partial charge in [-0.25, -0.2) is 0 Å². The van der Waals surface area contributed by atoms with Gasteiger partial charge in [0.25, 0.3) is 0 Å². The van der Waals surface area contributed by atoms with Gasteiger partial charge in [-0.15, -0.1) is 0 Å². The van der Waals surface area contributed by atoms with Gasteiger partial charge >= 0.3 is 7.60 Å². The van der Waals surface area contributed by atoms with E-state index >= 15 is 0 Å². The van der Waals surface area contributed by atoms with Crippen LogP contribution >= 0.6 is 7.60 Å². The number of hydrogen-bond donors (Lipinski definition) is 3. The van der Waals surface area contributed by atoms with Gasteiger partial charge in [-0.3, -0.25) is 14.0 Å². The molecule has 0 aliphatic heterocycles. The van der Waals surface area contributed by atoms with Crippen LogP contribution in [0.5, 0.6) is 5.75 Å². The molecule has 0 saturated carbocycles. The maximum atomic E-state index is 12.4. The number of nitrogens with one attached hydrogen (secondary N) is 1. The van der Waals surface area contributed by atoms with Gasteiger partial charge in [-0.05, 0) is 61.9 Å². The van der Waals surface area contributed by atoms with Gasteiger partial charge in [0, 0.05) is 29.9 Å². The van der Waals surface area contributed by atoms with Crippen molar-refractivity contribution in [3.05, 3.63) is 71.9 Å². The van der Waals surface area contributed by atoms with Crippen LogP contribution in [0.3, 0.4) is 0 Å². The van der Waals surface area contributed by atoms with Crippen molar-refractivity contribution in [1.29, 1.82) is 0 Å². The van der Waals surface area contributed by atoms with Crippen LogP contribution in [0.1, 0.15) is 25.0 Å². The molecule has 0 aliphatic carbocycles. The zero-order valence-electron chi connectivity index (χ0n) is 18.3. The molecular formula is C23H26N3O5P.